The molecule has 4 rings (SSSR count). The van der Waals surface area contributed by atoms with Gasteiger partial charge >= 0.3 is 0 Å². The molecule has 1 aliphatic heterocycles. The van der Waals surface area contributed by atoms with E-state index in [0.29, 0.717) is 20.2 Å². The van der Waals surface area contributed by atoms with Crippen molar-refractivity contribution in [1.29, 1.82) is 0 Å². The van der Waals surface area contributed by atoms with Crippen molar-refractivity contribution in [1.82, 2.24) is 0 Å². The van der Waals surface area contributed by atoms with Crippen molar-refractivity contribution < 1.29 is 13.2 Å². The third kappa shape index (κ3) is 4.07. The highest BCUT2D eigenvalue weighted by Crippen LogP contribution is 2.36. The van der Waals surface area contributed by atoms with Crippen molar-refractivity contribution in [2.75, 3.05) is 18.4 Å². The zero-order valence-electron chi connectivity index (χ0n) is 15.3. The highest BCUT2D eigenvalue weighted by atomic mass is 79.9. The van der Waals surface area contributed by atoms with Crippen LogP contribution in [0.3, 0.4) is 0 Å². The van der Waals surface area contributed by atoms with Gasteiger partial charge in [0, 0.05) is 22.1 Å². The molecule has 5 nitrogen and oxygen atoms in total. The first-order chi connectivity index (χ1) is 13.9. The van der Waals surface area contributed by atoms with Crippen molar-refractivity contribution in [3.05, 3.63) is 74.0 Å². The average molecular weight is 512 g/mol. The summed E-state index contributed by atoms with van der Waals surface area (Å²) >= 11 is 10.2. The number of aliphatic imine (C=N–C) groups is 1. The summed E-state index contributed by atoms with van der Waals surface area (Å²) in [6, 6.07) is 15.0. The smallest absolute Gasteiger partial charge is 0.271 e. The number of fused-ring (bicyclic) bond motifs is 1. The van der Waals surface area contributed by atoms with E-state index in [9.17, 15) is 8.42 Å². The zero-order chi connectivity index (χ0) is 20.6. The fraction of sp³-hybridized carbons (Fsp3) is 0.150. The van der Waals surface area contributed by atoms with Gasteiger partial charge in [-0.05, 0) is 46.1 Å². The predicted molar refractivity (Wildman–Crippen MR) is 121 cm³/mol. The summed E-state index contributed by atoms with van der Waals surface area (Å²) < 4.78 is 34.5. The Morgan fingerprint density at radius 2 is 2.00 bits per heavy atom. The van der Waals surface area contributed by atoms with E-state index in [1.807, 2.05) is 18.2 Å². The van der Waals surface area contributed by atoms with Gasteiger partial charge in [-0.15, -0.1) is 11.3 Å². The van der Waals surface area contributed by atoms with Crippen LogP contribution < -0.4 is 9.46 Å². The number of methoxy groups -OCH3 is 1. The van der Waals surface area contributed by atoms with E-state index in [1.165, 1.54) is 18.7 Å². The molecule has 0 saturated heterocycles. The summed E-state index contributed by atoms with van der Waals surface area (Å²) in [7, 11) is -2.28. The van der Waals surface area contributed by atoms with E-state index < -0.39 is 10.0 Å². The summed E-state index contributed by atoms with van der Waals surface area (Å²) in [4.78, 5) is 4.68. The Labute approximate surface area is 186 Å². The van der Waals surface area contributed by atoms with Gasteiger partial charge in [0.1, 0.15) is 14.3 Å². The van der Waals surface area contributed by atoms with E-state index in [0.717, 1.165) is 41.1 Å². The molecule has 29 heavy (non-hydrogen) atoms. The number of hydrogen-bond acceptors (Lipinski definition) is 5. The van der Waals surface area contributed by atoms with Gasteiger partial charge in [-0.25, -0.2) is 8.42 Å². The van der Waals surface area contributed by atoms with Crippen LogP contribution in [0.1, 0.15) is 16.7 Å². The van der Waals surface area contributed by atoms with Crippen LogP contribution in [0.25, 0.3) is 0 Å². The van der Waals surface area contributed by atoms with E-state index in [-0.39, 0.29) is 4.21 Å². The molecule has 3 aromatic rings. The van der Waals surface area contributed by atoms with Crippen molar-refractivity contribution >= 4 is 60.3 Å². The van der Waals surface area contributed by atoms with Gasteiger partial charge in [0.05, 0.1) is 18.5 Å². The molecular weight excluding hydrogens is 496 g/mol. The normalized spacial score (nSPS) is 13.6. The van der Waals surface area contributed by atoms with Crippen LogP contribution in [0.2, 0.25) is 4.34 Å². The average Bonchev–Trinajstić information content (AvgIpc) is 3.07. The Morgan fingerprint density at radius 3 is 2.72 bits per heavy atom. The first-order valence-corrected chi connectivity index (χ1v) is 12.1. The third-order valence-electron chi connectivity index (χ3n) is 4.53. The second-order valence-electron chi connectivity index (χ2n) is 6.35. The largest absolute Gasteiger partial charge is 0.495 e. The van der Waals surface area contributed by atoms with Crippen molar-refractivity contribution in [2.24, 2.45) is 4.99 Å². The van der Waals surface area contributed by atoms with E-state index in [2.05, 4.69) is 37.8 Å². The monoisotopic (exact) mass is 510 g/mol. The minimum atomic E-state index is -3.79. The molecule has 1 aromatic heterocycles. The maximum absolute atomic E-state index is 12.7. The van der Waals surface area contributed by atoms with Crippen molar-refractivity contribution in [2.45, 2.75) is 10.6 Å². The number of halogens is 2. The lowest BCUT2D eigenvalue weighted by molar-refractivity contribution is 0.417. The van der Waals surface area contributed by atoms with Gasteiger partial charge < -0.3 is 4.74 Å². The standard InChI is InChI=1S/C20H16BrClN2O3S2/c1-27-17-10-13(19-14-5-3-2-4-12(14)8-9-23-19)6-7-16(17)24-29(25,26)18-11-15(21)20(22)28-18/h2-7,10-11,24H,8-9H2,1H3. The van der Waals surface area contributed by atoms with Crippen molar-refractivity contribution in [3.63, 3.8) is 0 Å². The van der Waals surface area contributed by atoms with Gasteiger partial charge in [-0.1, -0.05) is 41.9 Å². The van der Waals surface area contributed by atoms with Crippen LogP contribution in [0.15, 0.2) is 62.2 Å². The van der Waals surface area contributed by atoms with Crippen LogP contribution in [0.5, 0.6) is 5.75 Å². The predicted octanol–water partition coefficient (Wildman–Crippen LogP) is 5.37. The molecule has 1 aliphatic rings. The van der Waals surface area contributed by atoms with Crippen molar-refractivity contribution in [3.8, 4) is 5.75 Å². The highest BCUT2D eigenvalue weighted by molar-refractivity contribution is 9.10. The number of ether oxygens (including phenoxy) is 1. The number of anilines is 1. The maximum atomic E-state index is 12.7. The Kier molecular flexibility index (Phi) is 5.70. The maximum Gasteiger partial charge on any atom is 0.271 e. The number of sulfonamides is 1. The number of benzene rings is 2. The molecule has 0 saturated carbocycles. The summed E-state index contributed by atoms with van der Waals surface area (Å²) in [5.74, 6) is 0.415. The molecule has 0 radical (unpaired) electrons. The molecule has 0 spiro atoms. The number of rotatable bonds is 5. The zero-order valence-corrected chi connectivity index (χ0v) is 19.3. The lowest BCUT2D eigenvalue weighted by Gasteiger charge is -2.18. The van der Waals surface area contributed by atoms with Gasteiger partial charge in [0.2, 0.25) is 0 Å². The molecule has 1 N–H and O–H groups in total. The highest BCUT2D eigenvalue weighted by Gasteiger charge is 2.22. The molecule has 0 unspecified atom stereocenters. The Balaban J connectivity index is 1.68. The molecule has 0 bridgehead atoms. The first kappa shape index (κ1) is 20.4. The second-order valence-corrected chi connectivity index (χ2v) is 10.8. The molecule has 0 fully saturated rings. The number of hydrogen-bond donors (Lipinski definition) is 1. The molecule has 2 aromatic carbocycles. The lowest BCUT2D eigenvalue weighted by Crippen LogP contribution is -2.15. The molecule has 9 heteroatoms. The fourth-order valence-electron chi connectivity index (χ4n) is 3.17. The topological polar surface area (TPSA) is 67.8 Å². The Bertz CT molecular complexity index is 1200. The SMILES string of the molecule is COc1cc(C2=NCCc3ccccc32)ccc1NS(=O)(=O)c1cc(Br)c(Cl)s1. The van der Waals surface area contributed by atoms with Crippen LogP contribution >= 0.6 is 38.9 Å². The van der Waals surface area contributed by atoms with Gasteiger partial charge in [-0.2, -0.15) is 0 Å². The first-order valence-electron chi connectivity index (χ1n) is 8.68. The van der Waals surface area contributed by atoms with E-state index >= 15 is 0 Å². The minimum Gasteiger partial charge on any atom is -0.495 e. The third-order valence-corrected chi connectivity index (χ3v) is 8.84. The van der Waals surface area contributed by atoms with E-state index in [4.69, 9.17) is 16.3 Å². The molecule has 2 heterocycles. The quantitative estimate of drug-likeness (QED) is 0.501. The summed E-state index contributed by atoms with van der Waals surface area (Å²) in [5.41, 5.74) is 4.45. The van der Waals surface area contributed by atoms with Crippen LogP contribution in [-0.4, -0.2) is 27.8 Å². The Morgan fingerprint density at radius 1 is 1.21 bits per heavy atom. The lowest BCUT2D eigenvalue weighted by atomic mass is 9.93. The summed E-state index contributed by atoms with van der Waals surface area (Å²) in [6.45, 7) is 0.719. The molecule has 0 amide bonds. The number of nitrogens with one attached hydrogen (secondary N) is 1. The fourth-order valence-corrected chi connectivity index (χ4v) is 6.54. The molecule has 0 atom stereocenters. The van der Waals surface area contributed by atoms with Crippen LogP contribution in [0.4, 0.5) is 5.69 Å². The summed E-state index contributed by atoms with van der Waals surface area (Å²) in [5, 5.41) is 0. The van der Waals surface area contributed by atoms with Gasteiger partial charge in [-0.3, -0.25) is 9.71 Å². The van der Waals surface area contributed by atoms with E-state index in [1.54, 1.807) is 12.1 Å². The summed E-state index contributed by atoms with van der Waals surface area (Å²) in [6.07, 6.45) is 0.910. The van der Waals surface area contributed by atoms with Gasteiger partial charge in [0.15, 0.2) is 0 Å². The molecule has 0 aliphatic carbocycles. The van der Waals surface area contributed by atoms with Gasteiger partial charge in [0.25, 0.3) is 10.0 Å². The minimum absolute atomic E-state index is 0.117. The Hall–Kier alpha value is -1.87. The molecular formula is C20H16BrClN2O3S2. The molecule has 150 valence electrons. The van der Waals surface area contributed by atoms with Crippen LogP contribution in [-0.2, 0) is 16.4 Å². The second kappa shape index (κ2) is 8.10. The van der Waals surface area contributed by atoms with Crippen LogP contribution in [0, 0.1) is 0 Å². The number of thiophene rings is 1. The number of nitrogens with zero attached hydrogens (tertiary/aromatic N) is 1.